The predicted molar refractivity (Wildman–Crippen MR) is 152 cm³/mol. The second-order valence-corrected chi connectivity index (χ2v) is 11.2. The summed E-state index contributed by atoms with van der Waals surface area (Å²) in [5.41, 5.74) is 2.48. The highest BCUT2D eigenvalue weighted by Gasteiger charge is 2.37. The summed E-state index contributed by atoms with van der Waals surface area (Å²) in [4.78, 5) is 41.3. The Kier molecular flexibility index (Phi) is 8.29. The van der Waals surface area contributed by atoms with Crippen LogP contribution in [0.4, 0.5) is 16.2 Å². The number of hydrogen-bond donors (Lipinski definition) is 3. The maximum atomic E-state index is 13.9. The van der Waals surface area contributed by atoms with E-state index in [0.29, 0.717) is 21.4 Å². The summed E-state index contributed by atoms with van der Waals surface area (Å²) < 4.78 is 0. The van der Waals surface area contributed by atoms with Crippen LogP contribution < -0.4 is 20.9 Å². The second kappa shape index (κ2) is 11.5. The van der Waals surface area contributed by atoms with Crippen molar-refractivity contribution in [2.24, 2.45) is 0 Å². The summed E-state index contributed by atoms with van der Waals surface area (Å²) in [7, 11) is 0. The number of rotatable bonds is 5. The molecule has 38 heavy (non-hydrogen) atoms. The number of anilines is 2. The number of hydrogen-bond acceptors (Lipinski definition) is 3. The molecule has 0 aromatic heterocycles. The maximum Gasteiger partial charge on any atom is 0.319 e. The zero-order chi connectivity index (χ0) is 27.4. The Morgan fingerprint density at radius 3 is 2.34 bits per heavy atom. The minimum Gasteiger partial charge on any atom is -0.350 e. The Bertz CT molecular complexity index is 1340. The Morgan fingerprint density at radius 1 is 0.947 bits per heavy atom. The molecule has 0 saturated heterocycles. The molecule has 1 aliphatic heterocycles. The van der Waals surface area contributed by atoms with Crippen molar-refractivity contribution < 1.29 is 14.4 Å². The van der Waals surface area contributed by atoms with E-state index in [1.165, 1.54) is 4.90 Å². The fraction of sp³-hybridized carbons (Fsp3) is 0.276. The number of urea groups is 1. The average molecular weight is 553 g/mol. The van der Waals surface area contributed by atoms with E-state index in [2.05, 4.69) is 16.0 Å². The van der Waals surface area contributed by atoms with Gasteiger partial charge in [0.1, 0.15) is 12.6 Å². The van der Waals surface area contributed by atoms with E-state index in [1.54, 1.807) is 36.4 Å². The standard InChI is InChI=1S/C29H30Cl2N4O3/c1-29(2,3)34-26(36)17-35-25-10-5-4-9-22(25)23(18-11-13-19(30)14-12-18)16-24(27(35)37)33-28(38)32-21-8-6-7-20(31)15-21/h4-15,23-24H,16-17H2,1-3H3,(H,34,36)(H2,32,33,38). The third-order valence-corrected chi connectivity index (χ3v) is 6.60. The van der Waals surface area contributed by atoms with Crippen LogP contribution in [0, 0.1) is 0 Å². The molecule has 3 aromatic carbocycles. The second-order valence-electron chi connectivity index (χ2n) is 10.3. The first-order valence-corrected chi connectivity index (χ1v) is 13.1. The van der Waals surface area contributed by atoms with Crippen LogP contribution >= 0.6 is 23.2 Å². The van der Waals surface area contributed by atoms with Gasteiger partial charge in [0.05, 0.1) is 0 Å². The molecule has 0 saturated carbocycles. The molecular weight excluding hydrogens is 523 g/mol. The molecule has 1 aliphatic rings. The smallest absolute Gasteiger partial charge is 0.319 e. The molecular formula is C29H30Cl2N4O3. The molecule has 7 nitrogen and oxygen atoms in total. The number of amides is 4. The van der Waals surface area contributed by atoms with Gasteiger partial charge in [-0.15, -0.1) is 0 Å². The SMILES string of the molecule is CC(C)(C)NC(=O)CN1C(=O)C(NC(=O)Nc2cccc(Cl)c2)CC(c2ccc(Cl)cc2)c2ccccc21. The van der Waals surface area contributed by atoms with Crippen molar-refractivity contribution in [2.75, 3.05) is 16.8 Å². The molecule has 3 N–H and O–H groups in total. The largest absolute Gasteiger partial charge is 0.350 e. The molecule has 0 radical (unpaired) electrons. The van der Waals surface area contributed by atoms with E-state index in [4.69, 9.17) is 23.2 Å². The number of nitrogens with zero attached hydrogens (tertiary/aromatic N) is 1. The van der Waals surface area contributed by atoms with Gasteiger partial charge < -0.3 is 20.9 Å². The lowest BCUT2D eigenvalue weighted by Crippen LogP contribution is -2.53. The summed E-state index contributed by atoms with van der Waals surface area (Å²) in [6.45, 7) is 5.45. The summed E-state index contributed by atoms with van der Waals surface area (Å²) in [6, 6.07) is 20.2. The van der Waals surface area contributed by atoms with Crippen molar-refractivity contribution in [3.63, 3.8) is 0 Å². The Hall–Kier alpha value is -3.55. The van der Waals surface area contributed by atoms with Crippen LogP contribution in [0.15, 0.2) is 72.8 Å². The van der Waals surface area contributed by atoms with E-state index in [9.17, 15) is 14.4 Å². The number of benzene rings is 3. The molecule has 0 aliphatic carbocycles. The number of halogens is 2. The molecule has 3 aromatic rings. The van der Waals surface area contributed by atoms with Gasteiger partial charge in [0, 0.05) is 32.9 Å². The molecule has 4 amide bonds. The Morgan fingerprint density at radius 2 is 1.66 bits per heavy atom. The first kappa shape index (κ1) is 27.5. The molecule has 4 rings (SSSR count). The van der Waals surface area contributed by atoms with Gasteiger partial charge in [-0.2, -0.15) is 0 Å². The third-order valence-electron chi connectivity index (χ3n) is 6.11. The number of fused-ring (bicyclic) bond motifs is 1. The van der Waals surface area contributed by atoms with Gasteiger partial charge in [0.2, 0.25) is 11.8 Å². The van der Waals surface area contributed by atoms with Crippen LogP contribution in [0.25, 0.3) is 0 Å². The monoisotopic (exact) mass is 552 g/mol. The highest BCUT2D eigenvalue weighted by molar-refractivity contribution is 6.31. The lowest BCUT2D eigenvalue weighted by Gasteiger charge is -2.28. The molecule has 2 unspecified atom stereocenters. The van der Waals surface area contributed by atoms with Crippen molar-refractivity contribution >= 4 is 52.4 Å². The zero-order valence-corrected chi connectivity index (χ0v) is 22.9. The number of para-hydroxylation sites is 1. The molecule has 0 spiro atoms. The van der Waals surface area contributed by atoms with Gasteiger partial charge in [-0.05, 0) is 74.7 Å². The summed E-state index contributed by atoms with van der Waals surface area (Å²) >= 11 is 12.2. The van der Waals surface area contributed by atoms with Crippen LogP contribution in [-0.4, -0.2) is 36.0 Å². The summed E-state index contributed by atoms with van der Waals surface area (Å²) in [6.07, 6.45) is 0.290. The lowest BCUT2D eigenvalue weighted by atomic mass is 9.86. The fourth-order valence-electron chi connectivity index (χ4n) is 4.59. The maximum absolute atomic E-state index is 13.9. The van der Waals surface area contributed by atoms with E-state index in [-0.39, 0.29) is 30.7 Å². The van der Waals surface area contributed by atoms with Crippen LogP contribution in [0.2, 0.25) is 10.0 Å². The summed E-state index contributed by atoms with van der Waals surface area (Å²) in [5, 5.41) is 9.57. The van der Waals surface area contributed by atoms with Gasteiger partial charge in [-0.1, -0.05) is 59.6 Å². The van der Waals surface area contributed by atoms with Crippen LogP contribution in [0.3, 0.4) is 0 Å². The van der Waals surface area contributed by atoms with Gasteiger partial charge in [0.25, 0.3) is 0 Å². The molecule has 0 bridgehead atoms. The molecule has 9 heteroatoms. The van der Waals surface area contributed by atoms with Crippen molar-refractivity contribution in [1.82, 2.24) is 10.6 Å². The third kappa shape index (κ3) is 6.85. The number of carbonyl (C=O) groups excluding carboxylic acids is 3. The first-order valence-electron chi connectivity index (χ1n) is 12.3. The fourth-order valence-corrected chi connectivity index (χ4v) is 4.90. The van der Waals surface area contributed by atoms with Crippen molar-refractivity contribution in [3.05, 3.63) is 94.0 Å². The molecule has 2 atom stereocenters. The van der Waals surface area contributed by atoms with E-state index in [0.717, 1.165) is 11.1 Å². The Balaban J connectivity index is 1.70. The number of carbonyl (C=O) groups is 3. The van der Waals surface area contributed by atoms with Crippen LogP contribution in [-0.2, 0) is 9.59 Å². The predicted octanol–water partition coefficient (Wildman–Crippen LogP) is 5.97. The number of nitrogens with one attached hydrogen (secondary N) is 3. The van der Waals surface area contributed by atoms with E-state index in [1.807, 2.05) is 57.2 Å². The highest BCUT2D eigenvalue weighted by Crippen LogP contribution is 2.39. The van der Waals surface area contributed by atoms with Gasteiger partial charge in [-0.25, -0.2) is 4.79 Å². The first-order chi connectivity index (χ1) is 18.0. The lowest BCUT2D eigenvalue weighted by molar-refractivity contribution is -0.125. The van der Waals surface area contributed by atoms with Crippen LogP contribution in [0.5, 0.6) is 0 Å². The quantitative estimate of drug-likeness (QED) is 0.364. The van der Waals surface area contributed by atoms with Gasteiger partial charge in [0.15, 0.2) is 0 Å². The molecule has 1 heterocycles. The van der Waals surface area contributed by atoms with Gasteiger partial charge >= 0.3 is 6.03 Å². The van der Waals surface area contributed by atoms with Crippen molar-refractivity contribution in [3.8, 4) is 0 Å². The highest BCUT2D eigenvalue weighted by atomic mass is 35.5. The Labute approximate surface area is 232 Å². The van der Waals surface area contributed by atoms with E-state index < -0.39 is 17.6 Å². The normalized spacial score (nSPS) is 17.3. The van der Waals surface area contributed by atoms with Gasteiger partial charge in [-0.3, -0.25) is 9.59 Å². The van der Waals surface area contributed by atoms with E-state index >= 15 is 0 Å². The zero-order valence-electron chi connectivity index (χ0n) is 21.4. The average Bonchev–Trinajstić information content (AvgIpc) is 2.94. The summed E-state index contributed by atoms with van der Waals surface area (Å²) in [5.74, 6) is -0.911. The van der Waals surface area contributed by atoms with Crippen molar-refractivity contribution in [2.45, 2.75) is 44.7 Å². The topological polar surface area (TPSA) is 90.5 Å². The molecule has 198 valence electrons. The molecule has 0 fully saturated rings. The van der Waals surface area contributed by atoms with Crippen LogP contribution in [0.1, 0.15) is 44.2 Å². The minimum absolute atomic E-state index is 0.186. The minimum atomic E-state index is -0.912. The van der Waals surface area contributed by atoms with Crippen molar-refractivity contribution in [1.29, 1.82) is 0 Å².